The molecule has 1 heterocycles. The Labute approximate surface area is 113 Å². The first kappa shape index (κ1) is 13.4. The predicted molar refractivity (Wildman–Crippen MR) is 71.4 cm³/mol. The fourth-order valence-electron chi connectivity index (χ4n) is 2.45. The number of ether oxygens (including phenoxy) is 1. The summed E-state index contributed by atoms with van der Waals surface area (Å²) in [5.74, 6) is 0.408. The molecule has 1 saturated heterocycles. The number of hydrogen-bond acceptors (Lipinski definition) is 3. The summed E-state index contributed by atoms with van der Waals surface area (Å²) in [6, 6.07) is 9.77. The van der Waals surface area contributed by atoms with Gasteiger partial charge in [0.05, 0.1) is 12.2 Å². The van der Waals surface area contributed by atoms with Crippen molar-refractivity contribution in [1.82, 2.24) is 5.32 Å². The Balaban J connectivity index is 2.15. The van der Waals surface area contributed by atoms with Crippen LogP contribution in [0.5, 0.6) is 0 Å². The van der Waals surface area contributed by atoms with Gasteiger partial charge in [0.15, 0.2) is 0 Å². The number of halogens is 1. The van der Waals surface area contributed by atoms with E-state index in [1.165, 1.54) is 0 Å². The Morgan fingerprint density at radius 1 is 1.56 bits per heavy atom. The van der Waals surface area contributed by atoms with Crippen LogP contribution < -0.4 is 5.32 Å². The SMILES string of the molecule is N#CCO[C@@H](c1cccc(Cl)c1)C1CCCNC1. The highest BCUT2D eigenvalue weighted by Gasteiger charge is 2.25. The van der Waals surface area contributed by atoms with Gasteiger partial charge in [-0.25, -0.2) is 0 Å². The van der Waals surface area contributed by atoms with Crippen molar-refractivity contribution >= 4 is 11.6 Å². The molecule has 0 bridgehead atoms. The summed E-state index contributed by atoms with van der Waals surface area (Å²) in [5, 5.41) is 12.8. The molecule has 1 fully saturated rings. The van der Waals surface area contributed by atoms with E-state index in [0.29, 0.717) is 10.9 Å². The highest BCUT2D eigenvalue weighted by molar-refractivity contribution is 6.30. The smallest absolute Gasteiger partial charge is 0.134 e. The molecule has 1 N–H and O–H groups in total. The Kier molecular flexibility index (Phi) is 5.00. The van der Waals surface area contributed by atoms with Crippen molar-refractivity contribution < 1.29 is 4.74 Å². The number of piperidine rings is 1. The molecule has 3 nitrogen and oxygen atoms in total. The van der Waals surface area contributed by atoms with Crippen molar-refractivity contribution in [2.75, 3.05) is 19.7 Å². The number of rotatable bonds is 4. The summed E-state index contributed by atoms with van der Waals surface area (Å²) in [5.41, 5.74) is 1.06. The van der Waals surface area contributed by atoms with Crippen molar-refractivity contribution in [2.45, 2.75) is 18.9 Å². The fourth-order valence-corrected chi connectivity index (χ4v) is 2.65. The molecule has 0 aliphatic carbocycles. The molecule has 0 spiro atoms. The quantitative estimate of drug-likeness (QED) is 0.909. The van der Waals surface area contributed by atoms with Crippen molar-refractivity contribution in [2.24, 2.45) is 5.92 Å². The monoisotopic (exact) mass is 264 g/mol. The highest BCUT2D eigenvalue weighted by Crippen LogP contribution is 2.31. The molecule has 0 amide bonds. The lowest BCUT2D eigenvalue weighted by atomic mass is 9.89. The number of hydrogen-bond donors (Lipinski definition) is 1. The summed E-state index contributed by atoms with van der Waals surface area (Å²) < 4.78 is 5.71. The highest BCUT2D eigenvalue weighted by atomic mass is 35.5. The summed E-state index contributed by atoms with van der Waals surface area (Å²) in [4.78, 5) is 0. The first-order valence-electron chi connectivity index (χ1n) is 6.26. The van der Waals surface area contributed by atoms with Crippen LogP contribution in [0.3, 0.4) is 0 Å². The third-order valence-corrected chi connectivity index (χ3v) is 3.50. The summed E-state index contributed by atoms with van der Waals surface area (Å²) >= 11 is 6.03. The van der Waals surface area contributed by atoms with Gasteiger partial charge in [-0.05, 0) is 37.1 Å². The molecule has 0 saturated carbocycles. The molecule has 18 heavy (non-hydrogen) atoms. The van der Waals surface area contributed by atoms with E-state index in [2.05, 4.69) is 5.32 Å². The number of nitriles is 1. The van der Waals surface area contributed by atoms with Gasteiger partial charge < -0.3 is 10.1 Å². The average Bonchev–Trinajstić information content (AvgIpc) is 2.40. The molecule has 0 radical (unpaired) electrons. The van der Waals surface area contributed by atoms with Gasteiger partial charge in [-0.3, -0.25) is 0 Å². The van der Waals surface area contributed by atoms with Gasteiger partial charge in [-0.15, -0.1) is 0 Å². The van der Waals surface area contributed by atoms with Gasteiger partial charge in [0.25, 0.3) is 0 Å². The number of nitrogens with zero attached hydrogens (tertiary/aromatic N) is 1. The first-order valence-corrected chi connectivity index (χ1v) is 6.64. The largest absolute Gasteiger partial charge is 0.358 e. The second-order valence-electron chi connectivity index (χ2n) is 4.55. The van der Waals surface area contributed by atoms with Crippen LogP contribution in [0.1, 0.15) is 24.5 Å². The minimum Gasteiger partial charge on any atom is -0.358 e. The average molecular weight is 265 g/mol. The minimum absolute atomic E-state index is 0.0452. The standard InChI is InChI=1S/C14H17ClN2O/c15-13-5-1-3-11(9-13)14(18-8-6-16)12-4-2-7-17-10-12/h1,3,5,9,12,14,17H,2,4,7-8,10H2/t12?,14-/m0/s1. The molecule has 2 atom stereocenters. The second kappa shape index (κ2) is 6.75. The zero-order valence-electron chi connectivity index (χ0n) is 10.2. The minimum atomic E-state index is -0.0452. The lowest BCUT2D eigenvalue weighted by Crippen LogP contribution is -2.34. The van der Waals surface area contributed by atoms with Crippen molar-refractivity contribution in [1.29, 1.82) is 5.26 Å². The van der Waals surface area contributed by atoms with Gasteiger partial charge >= 0.3 is 0 Å². The number of nitrogens with one attached hydrogen (secondary N) is 1. The molecule has 2 rings (SSSR count). The van der Waals surface area contributed by atoms with E-state index in [4.69, 9.17) is 21.6 Å². The van der Waals surface area contributed by atoms with Crippen LogP contribution in [0.4, 0.5) is 0 Å². The first-order chi connectivity index (χ1) is 8.81. The van der Waals surface area contributed by atoms with Crippen molar-refractivity contribution in [3.8, 4) is 6.07 Å². The van der Waals surface area contributed by atoms with Crippen LogP contribution in [0.15, 0.2) is 24.3 Å². The molecule has 1 aliphatic rings. The van der Waals surface area contributed by atoms with Gasteiger partial charge in [0.1, 0.15) is 6.61 Å². The maximum atomic E-state index is 8.70. The second-order valence-corrected chi connectivity index (χ2v) is 4.99. The van der Waals surface area contributed by atoms with Crippen LogP contribution in [0, 0.1) is 17.2 Å². The Hall–Kier alpha value is -1.08. The predicted octanol–water partition coefficient (Wildman–Crippen LogP) is 2.92. The fraction of sp³-hybridized carbons (Fsp3) is 0.500. The lowest BCUT2D eigenvalue weighted by molar-refractivity contribution is 0.0212. The molecule has 0 aromatic heterocycles. The summed E-state index contributed by atoms with van der Waals surface area (Å²) in [6.45, 7) is 2.12. The van der Waals surface area contributed by atoms with Crippen molar-refractivity contribution in [3.05, 3.63) is 34.9 Å². The van der Waals surface area contributed by atoms with Crippen LogP contribution in [-0.2, 0) is 4.74 Å². The molecule has 1 aromatic rings. The molecule has 1 aliphatic heterocycles. The molecule has 96 valence electrons. The van der Waals surface area contributed by atoms with E-state index in [0.717, 1.165) is 31.5 Å². The van der Waals surface area contributed by atoms with Gasteiger partial charge in [-0.2, -0.15) is 5.26 Å². The van der Waals surface area contributed by atoms with E-state index >= 15 is 0 Å². The summed E-state index contributed by atoms with van der Waals surface area (Å²) in [6.07, 6.45) is 2.23. The van der Waals surface area contributed by atoms with Gasteiger partial charge in [-0.1, -0.05) is 23.7 Å². The molecule has 1 unspecified atom stereocenters. The van der Waals surface area contributed by atoms with Crippen LogP contribution in [-0.4, -0.2) is 19.7 Å². The Bertz CT molecular complexity index is 424. The van der Waals surface area contributed by atoms with E-state index in [1.54, 1.807) is 0 Å². The van der Waals surface area contributed by atoms with E-state index in [-0.39, 0.29) is 12.7 Å². The maximum Gasteiger partial charge on any atom is 0.134 e. The van der Waals surface area contributed by atoms with E-state index in [9.17, 15) is 0 Å². The molecular weight excluding hydrogens is 248 g/mol. The number of benzene rings is 1. The molecule has 4 heteroatoms. The zero-order chi connectivity index (χ0) is 12.8. The van der Waals surface area contributed by atoms with Gasteiger partial charge in [0.2, 0.25) is 0 Å². The van der Waals surface area contributed by atoms with E-state index < -0.39 is 0 Å². The van der Waals surface area contributed by atoms with Gasteiger partial charge in [0, 0.05) is 17.5 Å². The third kappa shape index (κ3) is 3.46. The normalized spacial score (nSPS) is 21.2. The van der Waals surface area contributed by atoms with Crippen molar-refractivity contribution in [3.63, 3.8) is 0 Å². The zero-order valence-corrected chi connectivity index (χ0v) is 11.0. The Morgan fingerprint density at radius 2 is 2.44 bits per heavy atom. The maximum absolute atomic E-state index is 8.70. The lowest BCUT2D eigenvalue weighted by Gasteiger charge is -2.30. The molecular formula is C14H17ClN2O. The van der Waals surface area contributed by atoms with Crippen LogP contribution >= 0.6 is 11.6 Å². The van der Waals surface area contributed by atoms with E-state index in [1.807, 2.05) is 30.3 Å². The van der Waals surface area contributed by atoms with Crippen LogP contribution in [0.25, 0.3) is 0 Å². The summed E-state index contributed by atoms with van der Waals surface area (Å²) in [7, 11) is 0. The van der Waals surface area contributed by atoms with Crippen LogP contribution in [0.2, 0.25) is 5.02 Å². The molecule has 1 aromatic carbocycles. The topological polar surface area (TPSA) is 45.0 Å². The Morgan fingerprint density at radius 3 is 3.11 bits per heavy atom. The third-order valence-electron chi connectivity index (χ3n) is 3.27.